The van der Waals surface area contributed by atoms with E-state index in [1.165, 1.54) is 6.26 Å². The standard InChI is InChI=1S/C12H13F3N2O3/c1-7-3-5-20-9(7)10(18)16-8-2-4-17(11(8)19)6-12(13,14)15/h3,5,8H,2,4,6H2,1H3,(H,16,18). The largest absolute Gasteiger partial charge is 0.459 e. The number of nitrogens with one attached hydrogen (secondary N) is 1. The number of rotatable bonds is 3. The third-order valence-electron chi connectivity index (χ3n) is 3.04. The molecule has 1 saturated heterocycles. The van der Waals surface area contributed by atoms with Crippen LogP contribution in [-0.2, 0) is 4.79 Å². The van der Waals surface area contributed by atoms with Gasteiger partial charge in [0.25, 0.3) is 5.91 Å². The van der Waals surface area contributed by atoms with Crippen LogP contribution in [0.25, 0.3) is 0 Å². The summed E-state index contributed by atoms with van der Waals surface area (Å²) in [5, 5.41) is 2.40. The molecule has 2 rings (SSSR count). The Kier molecular flexibility index (Phi) is 3.74. The van der Waals surface area contributed by atoms with Crippen LogP contribution in [0, 0.1) is 6.92 Å². The highest BCUT2D eigenvalue weighted by molar-refractivity contribution is 5.97. The zero-order valence-corrected chi connectivity index (χ0v) is 10.7. The van der Waals surface area contributed by atoms with Crippen LogP contribution in [0.4, 0.5) is 13.2 Å². The molecule has 1 unspecified atom stereocenters. The molecule has 110 valence electrons. The quantitative estimate of drug-likeness (QED) is 0.917. The lowest BCUT2D eigenvalue weighted by Crippen LogP contribution is -2.43. The molecule has 1 aliphatic rings. The second-order valence-corrected chi connectivity index (χ2v) is 4.62. The van der Waals surface area contributed by atoms with E-state index < -0.39 is 30.6 Å². The van der Waals surface area contributed by atoms with E-state index >= 15 is 0 Å². The molecule has 0 bridgehead atoms. The van der Waals surface area contributed by atoms with Crippen molar-refractivity contribution in [1.29, 1.82) is 0 Å². The first kappa shape index (κ1) is 14.4. The molecule has 1 aromatic rings. The molecular formula is C12H13F3N2O3. The summed E-state index contributed by atoms with van der Waals surface area (Å²) in [5.74, 6) is -1.26. The van der Waals surface area contributed by atoms with Crippen molar-refractivity contribution in [3.8, 4) is 0 Å². The summed E-state index contributed by atoms with van der Waals surface area (Å²) in [6, 6.07) is 0.649. The molecule has 0 aromatic carbocycles. The van der Waals surface area contributed by atoms with Crippen molar-refractivity contribution in [3.05, 3.63) is 23.7 Å². The normalized spacial score (nSPS) is 19.5. The van der Waals surface area contributed by atoms with Crippen molar-refractivity contribution >= 4 is 11.8 Å². The van der Waals surface area contributed by atoms with E-state index in [0.717, 1.165) is 0 Å². The Bertz CT molecular complexity index is 524. The molecule has 20 heavy (non-hydrogen) atoms. The summed E-state index contributed by atoms with van der Waals surface area (Å²) in [7, 11) is 0. The van der Waals surface area contributed by atoms with Crippen LogP contribution >= 0.6 is 0 Å². The Balaban J connectivity index is 1.97. The summed E-state index contributed by atoms with van der Waals surface area (Å²) in [5.41, 5.74) is 0.597. The second kappa shape index (κ2) is 5.18. The van der Waals surface area contributed by atoms with Gasteiger partial charge in [-0.25, -0.2) is 0 Å². The van der Waals surface area contributed by atoms with Gasteiger partial charge < -0.3 is 14.6 Å². The molecule has 1 atom stereocenters. The van der Waals surface area contributed by atoms with Gasteiger partial charge in [0.1, 0.15) is 12.6 Å². The van der Waals surface area contributed by atoms with Crippen molar-refractivity contribution < 1.29 is 27.2 Å². The summed E-state index contributed by atoms with van der Waals surface area (Å²) in [6.45, 7) is 0.337. The van der Waals surface area contributed by atoms with Gasteiger partial charge in [0, 0.05) is 12.1 Å². The third-order valence-corrected chi connectivity index (χ3v) is 3.04. The molecule has 0 spiro atoms. The lowest BCUT2D eigenvalue weighted by atomic mass is 10.2. The SMILES string of the molecule is Cc1ccoc1C(=O)NC1CCN(CC(F)(F)F)C1=O. The lowest BCUT2D eigenvalue weighted by molar-refractivity contribution is -0.157. The van der Waals surface area contributed by atoms with Gasteiger partial charge in [-0.1, -0.05) is 0 Å². The second-order valence-electron chi connectivity index (χ2n) is 4.62. The van der Waals surface area contributed by atoms with Crippen LogP contribution in [0.1, 0.15) is 22.5 Å². The van der Waals surface area contributed by atoms with Crippen molar-refractivity contribution in [2.75, 3.05) is 13.1 Å². The topological polar surface area (TPSA) is 62.6 Å². The van der Waals surface area contributed by atoms with Crippen LogP contribution < -0.4 is 5.32 Å². The van der Waals surface area contributed by atoms with Gasteiger partial charge >= 0.3 is 6.18 Å². The van der Waals surface area contributed by atoms with Crippen LogP contribution in [0.5, 0.6) is 0 Å². The maximum absolute atomic E-state index is 12.3. The first-order valence-corrected chi connectivity index (χ1v) is 5.98. The van der Waals surface area contributed by atoms with Gasteiger partial charge in [0.05, 0.1) is 6.26 Å². The number of carbonyl (C=O) groups excluding carboxylic acids is 2. The summed E-state index contributed by atoms with van der Waals surface area (Å²) in [6.07, 6.45) is -2.96. The molecule has 1 N–H and O–H groups in total. The number of hydrogen-bond donors (Lipinski definition) is 1. The zero-order valence-electron chi connectivity index (χ0n) is 10.7. The maximum atomic E-state index is 12.3. The van der Waals surface area contributed by atoms with E-state index in [2.05, 4.69) is 5.32 Å². The predicted molar refractivity (Wildman–Crippen MR) is 62.0 cm³/mol. The highest BCUT2D eigenvalue weighted by atomic mass is 19.4. The lowest BCUT2D eigenvalue weighted by Gasteiger charge is -2.18. The number of alkyl halides is 3. The molecule has 1 fully saturated rings. The van der Waals surface area contributed by atoms with Gasteiger partial charge in [0.2, 0.25) is 5.91 Å². The summed E-state index contributed by atoms with van der Waals surface area (Å²) in [4.78, 5) is 24.3. The molecule has 8 heteroatoms. The van der Waals surface area contributed by atoms with Crippen molar-refractivity contribution in [2.45, 2.75) is 25.6 Å². The number of likely N-dealkylation sites (tertiary alicyclic amines) is 1. The van der Waals surface area contributed by atoms with Crippen molar-refractivity contribution in [1.82, 2.24) is 10.2 Å². The minimum Gasteiger partial charge on any atom is -0.459 e. The molecule has 0 saturated carbocycles. The Labute approximate surface area is 112 Å². The van der Waals surface area contributed by atoms with E-state index in [4.69, 9.17) is 4.42 Å². The fourth-order valence-corrected chi connectivity index (χ4v) is 2.08. The van der Waals surface area contributed by atoms with Gasteiger partial charge in [-0.3, -0.25) is 9.59 Å². The predicted octanol–water partition coefficient (Wildman–Crippen LogP) is 1.48. The van der Waals surface area contributed by atoms with E-state index in [1.807, 2.05) is 0 Å². The third kappa shape index (κ3) is 3.12. The fraction of sp³-hybridized carbons (Fsp3) is 0.500. The Morgan fingerprint density at radius 1 is 1.55 bits per heavy atom. The van der Waals surface area contributed by atoms with Gasteiger partial charge in [-0.05, 0) is 19.4 Å². The summed E-state index contributed by atoms with van der Waals surface area (Å²) < 4.78 is 41.7. The van der Waals surface area contributed by atoms with E-state index in [9.17, 15) is 22.8 Å². The number of halogens is 3. The number of nitrogens with zero attached hydrogens (tertiary/aromatic N) is 1. The van der Waals surface area contributed by atoms with Crippen LogP contribution in [-0.4, -0.2) is 42.0 Å². The van der Waals surface area contributed by atoms with Crippen LogP contribution in [0.3, 0.4) is 0 Å². The Morgan fingerprint density at radius 3 is 2.80 bits per heavy atom. The average molecular weight is 290 g/mol. The number of carbonyl (C=O) groups is 2. The molecule has 0 aliphatic carbocycles. The first-order valence-electron chi connectivity index (χ1n) is 5.98. The Hall–Kier alpha value is -1.99. The highest BCUT2D eigenvalue weighted by Gasteiger charge is 2.40. The monoisotopic (exact) mass is 290 g/mol. The smallest absolute Gasteiger partial charge is 0.406 e. The van der Waals surface area contributed by atoms with Gasteiger partial charge in [-0.2, -0.15) is 13.2 Å². The number of aryl methyl sites for hydroxylation is 1. The zero-order chi connectivity index (χ0) is 14.9. The minimum atomic E-state index is -4.44. The summed E-state index contributed by atoms with van der Waals surface area (Å²) >= 11 is 0. The van der Waals surface area contributed by atoms with Crippen LogP contribution in [0.15, 0.2) is 16.7 Å². The maximum Gasteiger partial charge on any atom is 0.406 e. The van der Waals surface area contributed by atoms with E-state index in [1.54, 1.807) is 13.0 Å². The highest BCUT2D eigenvalue weighted by Crippen LogP contribution is 2.21. The van der Waals surface area contributed by atoms with E-state index in [0.29, 0.717) is 10.5 Å². The van der Waals surface area contributed by atoms with Crippen LogP contribution in [0.2, 0.25) is 0 Å². The fourth-order valence-electron chi connectivity index (χ4n) is 2.08. The van der Waals surface area contributed by atoms with Crippen molar-refractivity contribution in [2.24, 2.45) is 0 Å². The van der Waals surface area contributed by atoms with Gasteiger partial charge in [0.15, 0.2) is 5.76 Å². The number of hydrogen-bond acceptors (Lipinski definition) is 3. The molecule has 5 nitrogen and oxygen atoms in total. The first-order chi connectivity index (χ1) is 9.28. The molecular weight excluding hydrogens is 277 g/mol. The number of furan rings is 1. The average Bonchev–Trinajstić information content (AvgIpc) is 2.88. The minimum absolute atomic E-state index is 0.0274. The molecule has 2 heterocycles. The molecule has 2 amide bonds. The molecule has 0 radical (unpaired) electrons. The van der Waals surface area contributed by atoms with E-state index in [-0.39, 0.29) is 18.7 Å². The molecule has 1 aliphatic heterocycles. The van der Waals surface area contributed by atoms with Gasteiger partial charge in [-0.15, -0.1) is 0 Å². The van der Waals surface area contributed by atoms with Crippen molar-refractivity contribution in [3.63, 3.8) is 0 Å². The Morgan fingerprint density at radius 2 is 2.25 bits per heavy atom. The molecule has 1 aromatic heterocycles. The number of amides is 2.